The van der Waals surface area contributed by atoms with E-state index in [4.69, 9.17) is 5.73 Å². The van der Waals surface area contributed by atoms with Crippen molar-refractivity contribution in [3.63, 3.8) is 0 Å². The molecule has 1 saturated carbocycles. The van der Waals surface area contributed by atoms with Crippen LogP contribution in [-0.4, -0.2) is 35.3 Å². The van der Waals surface area contributed by atoms with Gasteiger partial charge in [0.25, 0.3) is 0 Å². The van der Waals surface area contributed by atoms with Crippen LogP contribution < -0.4 is 5.73 Å². The molecule has 19 heavy (non-hydrogen) atoms. The molecule has 0 atom stereocenters. The van der Waals surface area contributed by atoms with E-state index in [-0.39, 0.29) is 5.78 Å². The van der Waals surface area contributed by atoms with Crippen LogP contribution in [0.2, 0.25) is 0 Å². The number of ketones is 1. The molecule has 0 unspecified atom stereocenters. The minimum Gasteiger partial charge on any atom is -0.383 e. The summed E-state index contributed by atoms with van der Waals surface area (Å²) in [5.41, 5.74) is 7.06. The molecule has 0 radical (unpaired) electrons. The Balaban J connectivity index is 2.42. The number of anilines is 1. The lowest BCUT2D eigenvalue weighted by molar-refractivity contribution is 0.0564. The van der Waals surface area contributed by atoms with Gasteiger partial charge in [0.1, 0.15) is 5.82 Å². The minimum atomic E-state index is -0.401. The van der Waals surface area contributed by atoms with Crippen LogP contribution in [0.25, 0.3) is 0 Å². The topological polar surface area (TPSA) is 59.2 Å². The SMILES string of the molecule is Cc1cnc(N)c(C(=O)C2(N(C)C)CCCCC2)c1. The van der Waals surface area contributed by atoms with Crippen molar-refractivity contribution in [2.45, 2.75) is 44.6 Å². The molecule has 1 aromatic heterocycles. The number of aromatic nitrogens is 1. The van der Waals surface area contributed by atoms with E-state index in [1.165, 1.54) is 6.42 Å². The number of rotatable bonds is 3. The number of aryl methyl sites for hydroxylation is 1. The summed E-state index contributed by atoms with van der Waals surface area (Å²) in [7, 11) is 3.98. The van der Waals surface area contributed by atoms with Gasteiger partial charge in [0.05, 0.1) is 11.1 Å². The van der Waals surface area contributed by atoms with E-state index in [0.29, 0.717) is 11.4 Å². The van der Waals surface area contributed by atoms with Gasteiger partial charge in [-0.3, -0.25) is 9.69 Å². The quantitative estimate of drug-likeness (QED) is 0.849. The molecule has 1 heterocycles. The van der Waals surface area contributed by atoms with Gasteiger partial charge in [-0.1, -0.05) is 19.3 Å². The normalized spacial score (nSPS) is 18.5. The van der Waals surface area contributed by atoms with Crippen molar-refractivity contribution in [3.8, 4) is 0 Å². The summed E-state index contributed by atoms with van der Waals surface area (Å²) in [4.78, 5) is 19.2. The van der Waals surface area contributed by atoms with Crippen molar-refractivity contribution in [3.05, 3.63) is 23.4 Å². The second-order valence-electron chi connectivity index (χ2n) is 5.76. The zero-order valence-electron chi connectivity index (χ0n) is 12.1. The minimum absolute atomic E-state index is 0.130. The molecule has 0 aromatic carbocycles. The first-order valence-electron chi connectivity index (χ1n) is 6.92. The Kier molecular flexibility index (Phi) is 3.90. The van der Waals surface area contributed by atoms with E-state index < -0.39 is 5.54 Å². The van der Waals surface area contributed by atoms with Gasteiger partial charge >= 0.3 is 0 Å². The number of carbonyl (C=O) groups excluding carboxylic acids is 1. The van der Waals surface area contributed by atoms with E-state index in [0.717, 1.165) is 31.2 Å². The molecule has 1 aromatic rings. The van der Waals surface area contributed by atoms with Gasteiger partial charge < -0.3 is 5.73 Å². The highest BCUT2D eigenvalue weighted by Gasteiger charge is 2.42. The fraction of sp³-hybridized carbons (Fsp3) is 0.600. The van der Waals surface area contributed by atoms with Crippen molar-refractivity contribution in [1.82, 2.24) is 9.88 Å². The highest BCUT2D eigenvalue weighted by molar-refractivity contribution is 6.06. The first-order chi connectivity index (χ1) is 8.97. The van der Waals surface area contributed by atoms with Crippen LogP contribution in [0.1, 0.15) is 48.0 Å². The van der Waals surface area contributed by atoms with Crippen molar-refractivity contribution in [2.75, 3.05) is 19.8 Å². The summed E-state index contributed by atoms with van der Waals surface area (Å²) in [6.45, 7) is 1.94. The number of nitrogens with zero attached hydrogens (tertiary/aromatic N) is 2. The second-order valence-corrected chi connectivity index (χ2v) is 5.76. The maximum absolute atomic E-state index is 13.0. The molecule has 0 aliphatic heterocycles. The van der Waals surface area contributed by atoms with Crippen molar-refractivity contribution < 1.29 is 4.79 Å². The molecule has 1 fully saturated rings. The molecule has 2 rings (SSSR count). The van der Waals surface area contributed by atoms with Crippen molar-refractivity contribution >= 4 is 11.6 Å². The van der Waals surface area contributed by atoms with Crippen LogP contribution in [0.3, 0.4) is 0 Å². The number of pyridine rings is 1. The molecule has 104 valence electrons. The van der Waals surface area contributed by atoms with E-state index in [9.17, 15) is 4.79 Å². The summed E-state index contributed by atoms with van der Waals surface area (Å²) in [5.74, 6) is 0.480. The predicted molar refractivity (Wildman–Crippen MR) is 77.2 cm³/mol. The van der Waals surface area contributed by atoms with Gasteiger partial charge in [-0.15, -0.1) is 0 Å². The third kappa shape index (κ3) is 2.50. The Morgan fingerprint density at radius 2 is 1.95 bits per heavy atom. The number of Topliss-reactive ketones (excluding diaryl/α,β-unsaturated/α-hetero) is 1. The predicted octanol–water partition coefficient (Wildman–Crippen LogP) is 2.42. The Hall–Kier alpha value is -1.42. The Morgan fingerprint density at radius 1 is 1.32 bits per heavy atom. The summed E-state index contributed by atoms with van der Waals surface area (Å²) < 4.78 is 0. The number of carbonyl (C=O) groups is 1. The smallest absolute Gasteiger partial charge is 0.186 e. The summed E-state index contributed by atoms with van der Waals surface area (Å²) >= 11 is 0. The van der Waals surface area contributed by atoms with Crippen molar-refractivity contribution in [1.29, 1.82) is 0 Å². The monoisotopic (exact) mass is 261 g/mol. The lowest BCUT2D eigenvalue weighted by Crippen LogP contribution is -2.52. The molecular weight excluding hydrogens is 238 g/mol. The average Bonchev–Trinajstić information content (AvgIpc) is 2.41. The van der Waals surface area contributed by atoms with Crippen LogP contribution in [-0.2, 0) is 0 Å². The molecule has 1 aliphatic rings. The Morgan fingerprint density at radius 3 is 2.53 bits per heavy atom. The largest absolute Gasteiger partial charge is 0.383 e. The maximum Gasteiger partial charge on any atom is 0.186 e. The van der Waals surface area contributed by atoms with Gasteiger partial charge in [-0.2, -0.15) is 0 Å². The number of nitrogens with two attached hydrogens (primary N) is 1. The zero-order chi connectivity index (χ0) is 14.0. The molecule has 4 nitrogen and oxygen atoms in total. The molecule has 0 amide bonds. The first kappa shape index (κ1) is 14.0. The average molecular weight is 261 g/mol. The maximum atomic E-state index is 13.0. The van der Waals surface area contributed by atoms with Gasteiger partial charge in [0.15, 0.2) is 5.78 Å². The number of nitrogen functional groups attached to an aromatic ring is 1. The Labute approximate surface area is 115 Å². The lowest BCUT2D eigenvalue weighted by Gasteiger charge is -2.41. The number of hydrogen-bond donors (Lipinski definition) is 1. The van der Waals surface area contributed by atoms with E-state index in [2.05, 4.69) is 9.88 Å². The van der Waals surface area contributed by atoms with Crippen LogP contribution in [0.4, 0.5) is 5.82 Å². The molecule has 4 heteroatoms. The van der Waals surface area contributed by atoms with Crippen LogP contribution in [0.15, 0.2) is 12.3 Å². The highest BCUT2D eigenvalue weighted by atomic mass is 16.1. The molecule has 2 N–H and O–H groups in total. The second kappa shape index (κ2) is 5.29. The van der Waals surface area contributed by atoms with Crippen molar-refractivity contribution in [2.24, 2.45) is 0 Å². The molecule has 0 spiro atoms. The fourth-order valence-corrected chi connectivity index (χ4v) is 3.03. The van der Waals surface area contributed by atoms with E-state index in [1.807, 2.05) is 27.1 Å². The van der Waals surface area contributed by atoms with Crippen LogP contribution in [0, 0.1) is 6.92 Å². The lowest BCUT2D eigenvalue weighted by atomic mass is 9.75. The number of hydrogen-bond acceptors (Lipinski definition) is 4. The van der Waals surface area contributed by atoms with E-state index >= 15 is 0 Å². The fourth-order valence-electron chi connectivity index (χ4n) is 3.03. The van der Waals surface area contributed by atoms with Crippen LogP contribution >= 0.6 is 0 Å². The molecule has 0 saturated heterocycles. The Bertz CT molecular complexity index is 476. The summed E-state index contributed by atoms with van der Waals surface area (Å²) in [6.07, 6.45) is 6.93. The molecule has 0 bridgehead atoms. The standard InChI is InChI=1S/C15H23N3O/c1-11-9-12(14(16)17-10-11)13(19)15(18(2)3)7-5-4-6-8-15/h9-10H,4-8H2,1-3H3,(H2,16,17). The summed E-state index contributed by atoms with van der Waals surface area (Å²) in [5, 5.41) is 0. The van der Waals surface area contributed by atoms with E-state index in [1.54, 1.807) is 6.20 Å². The first-order valence-corrected chi connectivity index (χ1v) is 6.92. The van der Waals surface area contributed by atoms with Gasteiger partial charge in [-0.05, 0) is 45.5 Å². The van der Waals surface area contributed by atoms with Crippen LogP contribution in [0.5, 0.6) is 0 Å². The van der Waals surface area contributed by atoms with Gasteiger partial charge in [0, 0.05) is 6.20 Å². The highest BCUT2D eigenvalue weighted by Crippen LogP contribution is 2.36. The third-order valence-electron chi connectivity index (χ3n) is 4.26. The number of likely N-dealkylation sites (N-methyl/N-ethyl adjacent to an activating group) is 1. The summed E-state index contributed by atoms with van der Waals surface area (Å²) in [6, 6.07) is 1.87. The van der Waals surface area contributed by atoms with Gasteiger partial charge in [-0.25, -0.2) is 4.98 Å². The molecular formula is C15H23N3O. The third-order valence-corrected chi connectivity index (χ3v) is 4.26. The van der Waals surface area contributed by atoms with Gasteiger partial charge in [0.2, 0.25) is 0 Å². The molecule has 1 aliphatic carbocycles. The zero-order valence-corrected chi connectivity index (χ0v) is 12.1.